The van der Waals surface area contributed by atoms with Crippen molar-refractivity contribution in [2.24, 2.45) is 5.92 Å². The van der Waals surface area contributed by atoms with Gasteiger partial charge in [0, 0.05) is 43.9 Å². The number of likely N-dealkylation sites (tertiary alicyclic amines) is 1. The minimum atomic E-state index is -0.0797. The van der Waals surface area contributed by atoms with Gasteiger partial charge in [0.2, 0.25) is 5.91 Å². The highest BCUT2D eigenvalue weighted by atomic mass is 16.2. The number of aromatic amines is 1. The van der Waals surface area contributed by atoms with Gasteiger partial charge in [0.25, 0.3) is 5.91 Å². The van der Waals surface area contributed by atoms with Crippen LogP contribution in [0, 0.1) is 12.8 Å². The number of nitrogens with zero attached hydrogens (tertiary/aromatic N) is 1. The number of hydrogen-bond donors (Lipinski definition) is 2. The van der Waals surface area contributed by atoms with Crippen molar-refractivity contribution in [3.05, 3.63) is 59.4 Å². The minimum absolute atomic E-state index is 0.0797. The van der Waals surface area contributed by atoms with E-state index < -0.39 is 0 Å². The predicted octanol–water partition coefficient (Wildman–Crippen LogP) is 2.14. The molecule has 5 heteroatoms. The Hall–Kier alpha value is -2.56. The molecule has 24 heavy (non-hydrogen) atoms. The van der Waals surface area contributed by atoms with E-state index in [2.05, 4.69) is 22.4 Å². The van der Waals surface area contributed by atoms with Crippen LogP contribution in [-0.4, -0.2) is 41.3 Å². The van der Waals surface area contributed by atoms with Crippen LogP contribution in [-0.2, 0) is 11.2 Å². The largest absolute Gasteiger partial charge is 0.365 e. The van der Waals surface area contributed by atoms with E-state index in [1.54, 1.807) is 12.3 Å². The second-order valence-electron chi connectivity index (χ2n) is 6.37. The van der Waals surface area contributed by atoms with Crippen molar-refractivity contribution in [2.45, 2.75) is 19.8 Å². The number of nitrogens with one attached hydrogen (secondary N) is 2. The lowest BCUT2D eigenvalue weighted by atomic mass is 10.1. The molecule has 0 bridgehead atoms. The van der Waals surface area contributed by atoms with Gasteiger partial charge in [-0.25, -0.2) is 0 Å². The summed E-state index contributed by atoms with van der Waals surface area (Å²) in [6, 6.07) is 12.0. The molecule has 1 aromatic carbocycles. The summed E-state index contributed by atoms with van der Waals surface area (Å²) in [4.78, 5) is 29.2. The van der Waals surface area contributed by atoms with Crippen LogP contribution in [0.2, 0.25) is 0 Å². The van der Waals surface area contributed by atoms with Gasteiger partial charge in [-0.2, -0.15) is 0 Å². The Bertz CT molecular complexity index is 708. The molecule has 2 heterocycles. The molecule has 1 fully saturated rings. The maximum Gasteiger partial charge on any atom is 0.253 e. The highest BCUT2D eigenvalue weighted by Gasteiger charge is 2.29. The van der Waals surface area contributed by atoms with Crippen molar-refractivity contribution in [3.8, 4) is 0 Å². The van der Waals surface area contributed by atoms with E-state index in [0.717, 1.165) is 25.2 Å². The lowest BCUT2D eigenvalue weighted by molar-refractivity contribution is -0.127. The number of aryl methyl sites for hydroxylation is 1. The van der Waals surface area contributed by atoms with Crippen LogP contribution in [0.4, 0.5) is 0 Å². The molecule has 2 amide bonds. The molecular formula is C19H23N3O2. The molecule has 0 spiro atoms. The quantitative estimate of drug-likeness (QED) is 0.854. The number of benzene rings is 1. The molecule has 1 aromatic heterocycles. The summed E-state index contributed by atoms with van der Waals surface area (Å²) >= 11 is 0. The number of hydrogen-bond acceptors (Lipinski definition) is 2. The summed E-state index contributed by atoms with van der Waals surface area (Å²) in [5.74, 6) is 0.295. The average Bonchev–Trinajstić information content (AvgIpc) is 3.17. The van der Waals surface area contributed by atoms with E-state index in [0.29, 0.717) is 18.5 Å². The van der Waals surface area contributed by atoms with Crippen LogP contribution in [0.15, 0.2) is 42.6 Å². The van der Waals surface area contributed by atoms with Gasteiger partial charge in [0.05, 0.1) is 5.56 Å². The topological polar surface area (TPSA) is 65.2 Å². The van der Waals surface area contributed by atoms with Crippen molar-refractivity contribution in [1.82, 2.24) is 15.2 Å². The Morgan fingerprint density at radius 3 is 2.79 bits per heavy atom. The second-order valence-corrected chi connectivity index (χ2v) is 6.37. The molecule has 0 aliphatic carbocycles. The number of rotatable bonds is 6. The minimum Gasteiger partial charge on any atom is -0.365 e. The van der Waals surface area contributed by atoms with Crippen LogP contribution in [0.25, 0.3) is 0 Å². The fraction of sp³-hybridized carbons (Fsp3) is 0.368. The standard InChI is InChI=1S/C19H23N3O2/c1-14-17(7-9-20-14)19(24)21-12-16-11-18(23)22(13-16)10-8-15-5-3-2-4-6-15/h2-7,9,16,20H,8,10-13H2,1H3,(H,21,24). The SMILES string of the molecule is Cc1[nH]ccc1C(=O)NCC1CC(=O)N(CCc2ccccc2)C1. The van der Waals surface area contributed by atoms with Crippen LogP contribution >= 0.6 is 0 Å². The summed E-state index contributed by atoms with van der Waals surface area (Å²) in [5, 5.41) is 2.94. The number of carbonyl (C=O) groups excluding carboxylic acids is 2. The zero-order chi connectivity index (χ0) is 16.9. The molecular weight excluding hydrogens is 302 g/mol. The molecule has 3 rings (SSSR count). The molecule has 1 aliphatic heterocycles. The maximum absolute atomic E-state index is 12.1. The van der Waals surface area contributed by atoms with E-state index in [1.165, 1.54) is 5.56 Å². The normalized spacial score (nSPS) is 17.3. The summed E-state index contributed by atoms with van der Waals surface area (Å²) in [6.45, 7) is 3.87. The van der Waals surface area contributed by atoms with E-state index >= 15 is 0 Å². The molecule has 2 N–H and O–H groups in total. The van der Waals surface area contributed by atoms with Crippen LogP contribution in [0.3, 0.4) is 0 Å². The Labute approximate surface area is 142 Å². The second kappa shape index (κ2) is 7.34. The van der Waals surface area contributed by atoms with Gasteiger partial charge >= 0.3 is 0 Å². The third kappa shape index (κ3) is 3.85. The molecule has 1 saturated heterocycles. The monoisotopic (exact) mass is 325 g/mol. The van der Waals surface area contributed by atoms with Gasteiger partial charge < -0.3 is 15.2 Å². The van der Waals surface area contributed by atoms with Crippen molar-refractivity contribution < 1.29 is 9.59 Å². The van der Waals surface area contributed by atoms with Crippen LogP contribution in [0.1, 0.15) is 28.0 Å². The first-order valence-electron chi connectivity index (χ1n) is 8.37. The Morgan fingerprint density at radius 1 is 1.29 bits per heavy atom. The smallest absolute Gasteiger partial charge is 0.253 e. The highest BCUT2D eigenvalue weighted by Crippen LogP contribution is 2.18. The lowest BCUT2D eigenvalue weighted by Crippen LogP contribution is -2.32. The molecule has 0 saturated carbocycles. The van der Waals surface area contributed by atoms with Crippen molar-refractivity contribution in [2.75, 3.05) is 19.6 Å². The van der Waals surface area contributed by atoms with Crippen molar-refractivity contribution in [3.63, 3.8) is 0 Å². The first-order valence-corrected chi connectivity index (χ1v) is 8.37. The molecule has 1 unspecified atom stereocenters. The van der Waals surface area contributed by atoms with E-state index in [4.69, 9.17) is 0 Å². The van der Waals surface area contributed by atoms with Gasteiger partial charge in [-0.1, -0.05) is 30.3 Å². The van der Waals surface area contributed by atoms with Gasteiger partial charge in [0.15, 0.2) is 0 Å². The molecule has 2 aromatic rings. The van der Waals surface area contributed by atoms with Gasteiger partial charge in [-0.3, -0.25) is 9.59 Å². The molecule has 0 radical (unpaired) electrons. The summed E-state index contributed by atoms with van der Waals surface area (Å²) < 4.78 is 0. The Morgan fingerprint density at radius 2 is 2.08 bits per heavy atom. The Balaban J connectivity index is 1.46. The number of H-pyrrole nitrogens is 1. The number of amides is 2. The summed E-state index contributed by atoms with van der Waals surface area (Å²) in [5.41, 5.74) is 2.77. The molecule has 5 nitrogen and oxygen atoms in total. The Kier molecular flexibility index (Phi) is 4.99. The van der Waals surface area contributed by atoms with Crippen LogP contribution in [0.5, 0.6) is 0 Å². The highest BCUT2D eigenvalue weighted by molar-refractivity contribution is 5.95. The molecule has 1 aliphatic rings. The van der Waals surface area contributed by atoms with E-state index in [9.17, 15) is 9.59 Å². The third-order valence-electron chi connectivity index (χ3n) is 4.56. The molecule has 126 valence electrons. The third-order valence-corrected chi connectivity index (χ3v) is 4.56. The zero-order valence-electron chi connectivity index (χ0n) is 13.9. The predicted molar refractivity (Wildman–Crippen MR) is 92.7 cm³/mol. The van der Waals surface area contributed by atoms with Gasteiger partial charge in [-0.05, 0) is 25.0 Å². The fourth-order valence-electron chi connectivity index (χ4n) is 3.15. The summed E-state index contributed by atoms with van der Waals surface area (Å²) in [7, 11) is 0. The summed E-state index contributed by atoms with van der Waals surface area (Å²) in [6.07, 6.45) is 3.14. The van der Waals surface area contributed by atoms with E-state index in [1.807, 2.05) is 30.0 Å². The first kappa shape index (κ1) is 16.3. The number of aromatic nitrogens is 1. The van der Waals surface area contributed by atoms with E-state index in [-0.39, 0.29) is 17.7 Å². The first-order chi connectivity index (χ1) is 11.6. The lowest BCUT2D eigenvalue weighted by Gasteiger charge is -2.17. The zero-order valence-corrected chi connectivity index (χ0v) is 13.9. The molecule has 1 atom stereocenters. The number of carbonyl (C=O) groups is 2. The van der Waals surface area contributed by atoms with Crippen molar-refractivity contribution >= 4 is 11.8 Å². The van der Waals surface area contributed by atoms with Gasteiger partial charge in [-0.15, -0.1) is 0 Å². The maximum atomic E-state index is 12.1. The van der Waals surface area contributed by atoms with Crippen LogP contribution < -0.4 is 5.32 Å². The fourth-order valence-corrected chi connectivity index (χ4v) is 3.15. The average molecular weight is 325 g/mol. The van der Waals surface area contributed by atoms with Gasteiger partial charge in [0.1, 0.15) is 0 Å². The van der Waals surface area contributed by atoms with Crippen molar-refractivity contribution in [1.29, 1.82) is 0 Å².